The molecule has 4 heteroatoms. The molecule has 0 heterocycles. The van der Waals surface area contributed by atoms with E-state index >= 15 is 0 Å². The molecule has 0 bridgehead atoms. The number of hydrogen-bond donors (Lipinski definition) is 0. The summed E-state index contributed by atoms with van der Waals surface area (Å²) in [4.78, 5) is 2.87. The van der Waals surface area contributed by atoms with Crippen LogP contribution in [0.15, 0.2) is 23.3 Å². The van der Waals surface area contributed by atoms with Crippen molar-refractivity contribution >= 4 is 11.6 Å². The van der Waals surface area contributed by atoms with Crippen LogP contribution in [0.3, 0.4) is 0 Å². The number of benzene rings is 1. The molecule has 1 rings (SSSR count). The average Bonchev–Trinajstić information content (AvgIpc) is 2.17. The molecule has 0 N–H and O–H groups in total. The van der Waals surface area contributed by atoms with Gasteiger partial charge in [-0.1, -0.05) is 43.6 Å². The predicted octanol–water partition coefficient (Wildman–Crippen LogP) is 4.45. The summed E-state index contributed by atoms with van der Waals surface area (Å²) < 4.78 is 0. The van der Waals surface area contributed by atoms with Gasteiger partial charge in [-0.15, -0.1) is 0 Å². The van der Waals surface area contributed by atoms with Crippen molar-refractivity contribution in [3.63, 3.8) is 0 Å². The molecule has 0 aliphatic rings. The lowest BCUT2D eigenvalue weighted by molar-refractivity contribution is 0.544. The van der Waals surface area contributed by atoms with E-state index in [1.165, 1.54) is 0 Å². The summed E-state index contributed by atoms with van der Waals surface area (Å²) in [5.41, 5.74) is 10.1. The Hall–Kier alpha value is -1.18. The molecule has 0 saturated heterocycles. The third kappa shape index (κ3) is 2.65. The van der Waals surface area contributed by atoms with E-state index in [1.807, 2.05) is 32.0 Å². The zero-order chi connectivity index (χ0) is 11.5. The lowest BCUT2D eigenvalue weighted by Gasteiger charge is -2.22. The van der Waals surface area contributed by atoms with E-state index in [2.05, 4.69) is 16.9 Å². The summed E-state index contributed by atoms with van der Waals surface area (Å²) >= 11 is 5.92. The van der Waals surface area contributed by atoms with Gasteiger partial charge in [0.15, 0.2) is 0 Å². The van der Waals surface area contributed by atoms with E-state index in [0.717, 1.165) is 17.5 Å². The van der Waals surface area contributed by atoms with Crippen LogP contribution in [0.4, 0.5) is 0 Å². The summed E-state index contributed by atoms with van der Waals surface area (Å²) in [7, 11) is 0. The molecular weight excluding hydrogens is 210 g/mol. The largest absolute Gasteiger partial charge is 0.0843 e. The third-order valence-electron chi connectivity index (χ3n) is 2.40. The SMILES string of the molecule is CCc1cc(Cl)ccc1C(C)(C)N=[N+]=[N-]. The Morgan fingerprint density at radius 3 is 2.67 bits per heavy atom. The maximum Gasteiger partial charge on any atom is 0.0684 e. The third-order valence-corrected chi connectivity index (χ3v) is 2.64. The predicted molar refractivity (Wildman–Crippen MR) is 63.0 cm³/mol. The van der Waals surface area contributed by atoms with Crippen LogP contribution in [0.25, 0.3) is 10.4 Å². The summed E-state index contributed by atoms with van der Waals surface area (Å²) in [6.45, 7) is 5.85. The number of azide groups is 1. The Morgan fingerprint density at radius 2 is 2.13 bits per heavy atom. The van der Waals surface area contributed by atoms with Crippen molar-refractivity contribution in [2.45, 2.75) is 32.7 Å². The van der Waals surface area contributed by atoms with E-state index in [-0.39, 0.29) is 0 Å². The first-order chi connectivity index (χ1) is 7.01. The first kappa shape index (κ1) is 11.9. The van der Waals surface area contributed by atoms with Crippen molar-refractivity contribution in [1.82, 2.24) is 0 Å². The summed E-state index contributed by atoms with van der Waals surface area (Å²) in [5.74, 6) is 0. The van der Waals surface area contributed by atoms with Crippen LogP contribution < -0.4 is 0 Å². The normalized spacial score (nSPS) is 10.9. The van der Waals surface area contributed by atoms with E-state index in [4.69, 9.17) is 17.1 Å². The fraction of sp³-hybridized carbons (Fsp3) is 0.455. The Kier molecular flexibility index (Phi) is 3.61. The monoisotopic (exact) mass is 223 g/mol. The zero-order valence-corrected chi connectivity index (χ0v) is 9.91. The first-order valence-electron chi connectivity index (χ1n) is 4.86. The minimum atomic E-state index is -0.523. The van der Waals surface area contributed by atoms with Gasteiger partial charge < -0.3 is 0 Å². The quantitative estimate of drug-likeness (QED) is 0.413. The Labute approximate surface area is 94.7 Å². The Bertz CT molecular complexity index is 406. The van der Waals surface area contributed by atoms with Gasteiger partial charge in [-0.3, -0.25) is 0 Å². The lowest BCUT2D eigenvalue weighted by atomic mass is 9.90. The summed E-state index contributed by atoms with van der Waals surface area (Å²) in [5, 5.41) is 4.52. The molecule has 0 spiro atoms. The number of hydrogen-bond acceptors (Lipinski definition) is 1. The minimum absolute atomic E-state index is 0.523. The topological polar surface area (TPSA) is 48.8 Å². The maximum absolute atomic E-state index is 8.51. The first-order valence-corrected chi connectivity index (χ1v) is 5.24. The lowest BCUT2D eigenvalue weighted by Crippen LogP contribution is -2.15. The maximum atomic E-state index is 8.51. The molecule has 0 aromatic heterocycles. The number of halogens is 1. The van der Waals surface area contributed by atoms with Gasteiger partial charge in [0.1, 0.15) is 0 Å². The van der Waals surface area contributed by atoms with Gasteiger partial charge in [-0.25, -0.2) is 0 Å². The highest BCUT2D eigenvalue weighted by atomic mass is 35.5. The Morgan fingerprint density at radius 1 is 1.47 bits per heavy atom. The van der Waals surface area contributed by atoms with E-state index in [1.54, 1.807) is 0 Å². The highest BCUT2D eigenvalue weighted by Crippen LogP contribution is 2.30. The molecule has 15 heavy (non-hydrogen) atoms. The summed E-state index contributed by atoms with van der Waals surface area (Å²) in [6.07, 6.45) is 0.875. The molecule has 0 unspecified atom stereocenters. The highest BCUT2D eigenvalue weighted by Gasteiger charge is 2.21. The molecule has 80 valence electrons. The molecule has 0 radical (unpaired) electrons. The second kappa shape index (κ2) is 4.56. The van der Waals surface area contributed by atoms with Crippen LogP contribution in [0.2, 0.25) is 5.02 Å². The van der Waals surface area contributed by atoms with Gasteiger partial charge in [0.2, 0.25) is 0 Å². The summed E-state index contributed by atoms with van der Waals surface area (Å²) in [6, 6.07) is 5.67. The number of aryl methyl sites for hydroxylation is 1. The second-order valence-corrected chi connectivity index (χ2v) is 4.34. The average molecular weight is 224 g/mol. The molecular formula is C11H14ClN3. The van der Waals surface area contributed by atoms with Crippen LogP contribution in [0.5, 0.6) is 0 Å². The van der Waals surface area contributed by atoms with Gasteiger partial charge >= 0.3 is 0 Å². The number of nitrogens with zero attached hydrogens (tertiary/aromatic N) is 3. The van der Waals surface area contributed by atoms with Crippen molar-refractivity contribution < 1.29 is 0 Å². The van der Waals surface area contributed by atoms with Crippen LogP contribution >= 0.6 is 11.6 Å². The van der Waals surface area contributed by atoms with Crippen molar-refractivity contribution in [1.29, 1.82) is 0 Å². The molecule has 1 aromatic carbocycles. The molecule has 0 fully saturated rings. The Balaban J connectivity index is 3.30. The molecule has 0 aliphatic carbocycles. The van der Waals surface area contributed by atoms with E-state index in [0.29, 0.717) is 5.02 Å². The van der Waals surface area contributed by atoms with E-state index in [9.17, 15) is 0 Å². The van der Waals surface area contributed by atoms with Gasteiger partial charge in [0, 0.05) is 9.93 Å². The standard InChI is InChI=1S/C11H14ClN3/c1-4-8-7-9(12)5-6-10(8)11(2,3)14-15-13/h5-7H,4H2,1-3H3. The molecule has 1 aromatic rings. The van der Waals surface area contributed by atoms with Crippen molar-refractivity contribution in [2.75, 3.05) is 0 Å². The van der Waals surface area contributed by atoms with Crippen molar-refractivity contribution in [2.24, 2.45) is 5.11 Å². The molecule has 0 aliphatic heterocycles. The molecule has 0 amide bonds. The van der Waals surface area contributed by atoms with Crippen LogP contribution in [0.1, 0.15) is 31.9 Å². The molecule has 0 saturated carbocycles. The van der Waals surface area contributed by atoms with E-state index < -0.39 is 5.54 Å². The minimum Gasteiger partial charge on any atom is -0.0843 e. The van der Waals surface area contributed by atoms with Crippen molar-refractivity contribution in [3.05, 3.63) is 44.8 Å². The highest BCUT2D eigenvalue weighted by molar-refractivity contribution is 6.30. The molecule has 3 nitrogen and oxygen atoms in total. The molecule has 0 atom stereocenters. The van der Waals surface area contributed by atoms with Crippen LogP contribution in [-0.4, -0.2) is 0 Å². The fourth-order valence-corrected chi connectivity index (χ4v) is 1.81. The zero-order valence-electron chi connectivity index (χ0n) is 9.16. The van der Waals surface area contributed by atoms with Gasteiger partial charge in [0.25, 0.3) is 0 Å². The van der Waals surface area contributed by atoms with Crippen molar-refractivity contribution in [3.8, 4) is 0 Å². The second-order valence-electron chi connectivity index (χ2n) is 3.90. The van der Waals surface area contributed by atoms with Gasteiger partial charge in [-0.2, -0.15) is 0 Å². The van der Waals surface area contributed by atoms with Crippen LogP contribution in [-0.2, 0) is 12.0 Å². The van der Waals surface area contributed by atoms with Gasteiger partial charge in [0.05, 0.1) is 5.54 Å². The number of rotatable bonds is 3. The van der Waals surface area contributed by atoms with Crippen LogP contribution in [0, 0.1) is 0 Å². The smallest absolute Gasteiger partial charge is 0.0684 e. The fourth-order valence-electron chi connectivity index (χ4n) is 1.62. The van der Waals surface area contributed by atoms with Gasteiger partial charge in [-0.05, 0) is 35.2 Å².